The topological polar surface area (TPSA) is 46.9 Å². The average molecular weight is 382 g/mol. The van der Waals surface area contributed by atoms with E-state index in [0.29, 0.717) is 16.3 Å². The molecule has 1 atom stereocenters. The summed E-state index contributed by atoms with van der Waals surface area (Å²) in [6.45, 7) is 6.34. The van der Waals surface area contributed by atoms with Crippen molar-refractivity contribution in [2.24, 2.45) is 0 Å². The molecule has 0 fully saturated rings. The minimum absolute atomic E-state index is 0.362. The molecule has 1 unspecified atom stereocenters. The predicted molar refractivity (Wildman–Crippen MR) is 98.8 cm³/mol. The molecular formula is C19H22ClF2N3O. The molecule has 1 amide bonds. The van der Waals surface area contributed by atoms with Gasteiger partial charge >= 0.3 is 0 Å². The Labute approximate surface area is 156 Å². The lowest BCUT2D eigenvalue weighted by atomic mass is 10.1. The molecule has 0 aliphatic heterocycles. The van der Waals surface area contributed by atoms with E-state index in [1.807, 2.05) is 6.92 Å². The molecule has 0 aliphatic carbocycles. The predicted octanol–water partition coefficient (Wildman–Crippen LogP) is 4.81. The summed E-state index contributed by atoms with van der Waals surface area (Å²) in [7, 11) is 0. The summed E-state index contributed by atoms with van der Waals surface area (Å²) in [5.74, 6) is -2.22. The van der Waals surface area contributed by atoms with Crippen molar-refractivity contribution >= 4 is 23.6 Å². The average Bonchev–Trinajstić information content (AvgIpc) is 2.87. The van der Waals surface area contributed by atoms with Crippen molar-refractivity contribution in [3.05, 3.63) is 57.9 Å². The normalized spacial score (nSPS) is 12.5. The molecule has 26 heavy (non-hydrogen) atoms. The fourth-order valence-electron chi connectivity index (χ4n) is 2.50. The molecule has 7 heteroatoms. The highest BCUT2D eigenvalue weighted by molar-refractivity contribution is 6.31. The fraction of sp³-hybridized carbons (Fsp3) is 0.368. The molecular weight excluding hydrogens is 360 g/mol. The molecule has 0 spiro atoms. The number of aromatic nitrogens is 2. The Bertz CT molecular complexity index is 817. The zero-order valence-corrected chi connectivity index (χ0v) is 15.8. The first-order valence-corrected chi connectivity index (χ1v) is 8.87. The van der Waals surface area contributed by atoms with Gasteiger partial charge in [-0.1, -0.05) is 31.0 Å². The van der Waals surface area contributed by atoms with Gasteiger partial charge < -0.3 is 5.32 Å². The number of aryl methyl sites for hydroxylation is 2. The van der Waals surface area contributed by atoms with Gasteiger partial charge in [0.25, 0.3) is 0 Å². The van der Waals surface area contributed by atoms with Crippen molar-refractivity contribution in [2.75, 3.05) is 0 Å². The maximum Gasteiger partial charge on any atom is 0.244 e. The quantitative estimate of drug-likeness (QED) is 0.699. The van der Waals surface area contributed by atoms with Crippen LogP contribution in [0.25, 0.3) is 6.08 Å². The number of amides is 1. The minimum atomic E-state index is -0.943. The van der Waals surface area contributed by atoms with Crippen LogP contribution in [0.3, 0.4) is 0 Å². The molecule has 4 nitrogen and oxygen atoms in total. The van der Waals surface area contributed by atoms with Crippen LogP contribution in [0.1, 0.15) is 49.6 Å². The zero-order valence-electron chi connectivity index (χ0n) is 15.0. The number of unbranched alkanes of at least 4 members (excludes halogenated alkanes) is 1. The largest absolute Gasteiger partial charge is 0.346 e. The Balaban J connectivity index is 2.05. The second kappa shape index (κ2) is 8.94. The van der Waals surface area contributed by atoms with Crippen LogP contribution in [0.5, 0.6) is 0 Å². The van der Waals surface area contributed by atoms with E-state index in [1.165, 1.54) is 12.1 Å². The van der Waals surface area contributed by atoms with Crippen molar-refractivity contribution in [2.45, 2.75) is 46.2 Å². The van der Waals surface area contributed by atoms with E-state index in [2.05, 4.69) is 17.3 Å². The van der Waals surface area contributed by atoms with Crippen LogP contribution in [-0.4, -0.2) is 15.7 Å². The number of hydrogen-bond acceptors (Lipinski definition) is 2. The highest BCUT2D eigenvalue weighted by atomic mass is 35.5. The number of rotatable bonds is 7. The zero-order chi connectivity index (χ0) is 19.3. The van der Waals surface area contributed by atoms with Crippen LogP contribution in [0.4, 0.5) is 8.78 Å². The third-order valence-electron chi connectivity index (χ3n) is 4.04. The Kier molecular flexibility index (Phi) is 6.91. The van der Waals surface area contributed by atoms with Gasteiger partial charge in [-0.3, -0.25) is 9.48 Å². The molecule has 1 N–H and O–H groups in total. The fourth-order valence-corrected chi connectivity index (χ4v) is 2.82. The van der Waals surface area contributed by atoms with E-state index in [9.17, 15) is 13.6 Å². The SMILES string of the molecule is CCCCn1nc(C)c(/C=C/C(=O)NC(C)c2ccc(F)c(F)c2)c1Cl. The van der Waals surface area contributed by atoms with E-state index in [4.69, 9.17) is 11.6 Å². The van der Waals surface area contributed by atoms with Gasteiger partial charge in [0.1, 0.15) is 5.15 Å². The van der Waals surface area contributed by atoms with Gasteiger partial charge in [0.2, 0.25) is 5.91 Å². The van der Waals surface area contributed by atoms with E-state index < -0.39 is 17.7 Å². The van der Waals surface area contributed by atoms with Gasteiger partial charge in [-0.2, -0.15) is 5.10 Å². The van der Waals surface area contributed by atoms with Crippen LogP contribution in [-0.2, 0) is 11.3 Å². The monoisotopic (exact) mass is 381 g/mol. The molecule has 1 aromatic carbocycles. The van der Waals surface area contributed by atoms with Gasteiger partial charge in [-0.25, -0.2) is 8.78 Å². The molecule has 1 aromatic heterocycles. The van der Waals surface area contributed by atoms with Gasteiger partial charge in [0.05, 0.1) is 11.7 Å². The highest BCUT2D eigenvalue weighted by Gasteiger charge is 2.13. The third kappa shape index (κ3) is 4.91. The van der Waals surface area contributed by atoms with Crippen molar-refractivity contribution in [1.82, 2.24) is 15.1 Å². The Morgan fingerprint density at radius 3 is 2.77 bits per heavy atom. The first kappa shape index (κ1) is 20.1. The van der Waals surface area contributed by atoms with Crippen molar-refractivity contribution < 1.29 is 13.6 Å². The summed E-state index contributed by atoms with van der Waals surface area (Å²) in [6, 6.07) is 3.08. The minimum Gasteiger partial charge on any atom is -0.346 e. The molecule has 0 bridgehead atoms. The van der Waals surface area contributed by atoms with Gasteiger partial charge in [-0.05, 0) is 44.0 Å². The Morgan fingerprint density at radius 1 is 1.38 bits per heavy atom. The van der Waals surface area contributed by atoms with Crippen molar-refractivity contribution in [1.29, 1.82) is 0 Å². The van der Waals surface area contributed by atoms with E-state index in [-0.39, 0.29) is 5.91 Å². The summed E-state index contributed by atoms with van der Waals surface area (Å²) < 4.78 is 28.0. The number of carbonyl (C=O) groups is 1. The maximum atomic E-state index is 13.3. The molecule has 2 rings (SSSR count). The summed E-state index contributed by atoms with van der Waals surface area (Å²) in [4.78, 5) is 12.1. The van der Waals surface area contributed by atoms with Gasteiger partial charge in [0, 0.05) is 18.2 Å². The van der Waals surface area contributed by atoms with E-state index in [0.717, 1.165) is 37.2 Å². The van der Waals surface area contributed by atoms with Crippen LogP contribution >= 0.6 is 11.6 Å². The second-order valence-corrected chi connectivity index (χ2v) is 6.46. The number of nitrogens with zero attached hydrogens (tertiary/aromatic N) is 2. The number of nitrogens with one attached hydrogen (secondary N) is 1. The molecule has 2 aromatic rings. The molecule has 0 saturated carbocycles. The summed E-state index contributed by atoms with van der Waals surface area (Å²) in [5, 5.41) is 7.58. The molecule has 0 radical (unpaired) electrons. The van der Waals surface area contributed by atoms with Crippen LogP contribution in [0.2, 0.25) is 5.15 Å². The summed E-state index contributed by atoms with van der Waals surface area (Å²) >= 11 is 6.32. The van der Waals surface area contributed by atoms with Crippen LogP contribution in [0, 0.1) is 18.6 Å². The number of halogens is 3. The first-order valence-electron chi connectivity index (χ1n) is 8.50. The Hall–Kier alpha value is -2.21. The number of hydrogen-bond donors (Lipinski definition) is 1. The molecule has 0 aliphatic rings. The number of benzene rings is 1. The van der Waals surface area contributed by atoms with Gasteiger partial charge in [-0.15, -0.1) is 0 Å². The van der Waals surface area contributed by atoms with E-state index in [1.54, 1.807) is 17.7 Å². The smallest absolute Gasteiger partial charge is 0.244 e. The second-order valence-electron chi connectivity index (χ2n) is 6.10. The van der Waals surface area contributed by atoms with Crippen LogP contribution in [0.15, 0.2) is 24.3 Å². The maximum absolute atomic E-state index is 13.3. The first-order chi connectivity index (χ1) is 12.3. The number of carbonyl (C=O) groups excluding carboxylic acids is 1. The van der Waals surface area contributed by atoms with Crippen molar-refractivity contribution in [3.63, 3.8) is 0 Å². The molecule has 0 saturated heterocycles. The van der Waals surface area contributed by atoms with E-state index >= 15 is 0 Å². The van der Waals surface area contributed by atoms with Crippen LogP contribution < -0.4 is 5.32 Å². The van der Waals surface area contributed by atoms with Gasteiger partial charge in [0.15, 0.2) is 11.6 Å². The lowest BCUT2D eigenvalue weighted by molar-refractivity contribution is -0.117. The standard InChI is InChI=1S/C19H22ClF2N3O/c1-4-5-10-25-19(20)15(13(3)24-25)7-9-18(26)23-12(2)14-6-8-16(21)17(22)11-14/h6-9,11-12H,4-5,10H2,1-3H3,(H,23,26)/b9-7+. The summed E-state index contributed by atoms with van der Waals surface area (Å²) in [5.41, 5.74) is 1.91. The Morgan fingerprint density at radius 2 is 2.12 bits per heavy atom. The lowest BCUT2D eigenvalue weighted by Gasteiger charge is -2.13. The highest BCUT2D eigenvalue weighted by Crippen LogP contribution is 2.22. The molecule has 1 heterocycles. The molecule has 140 valence electrons. The van der Waals surface area contributed by atoms with Crippen molar-refractivity contribution in [3.8, 4) is 0 Å². The lowest BCUT2D eigenvalue weighted by Crippen LogP contribution is -2.24. The summed E-state index contributed by atoms with van der Waals surface area (Å²) in [6.07, 6.45) is 4.97. The third-order valence-corrected chi connectivity index (χ3v) is 4.44.